The Kier molecular flexibility index (Phi) is 3.34. The lowest BCUT2D eigenvalue weighted by Crippen LogP contribution is -2.51. The van der Waals surface area contributed by atoms with Crippen molar-refractivity contribution >= 4 is 17.4 Å². The maximum atomic E-state index is 12.0. The van der Waals surface area contributed by atoms with Gasteiger partial charge in [0.25, 0.3) is 0 Å². The number of fused-ring (bicyclic) bond motifs is 5. The largest absolute Gasteiger partial charge is 0.393 e. The molecule has 3 fully saturated rings. The van der Waals surface area contributed by atoms with E-state index in [1.807, 2.05) is 0 Å². The van der Waals surface area contributed by atoms with Crippen LogP contribution in [0, 0.1) is 28.6 Å². The van der Waals surface area contributed by atoms with E-state index in [0.717, 1.165) is 32.1 Å². The van der Waals surface area contributed by atoms with E-state index in [0.29, 0.717) is 29.2 Å². The molecule has 0 spiro atoms. The number of allylic oxidation sites excluding steroid dienone is 1. The van der Waals surface area contributed by atoms with E-state index in [9.17, 15) is 9.90 Å². The van der Waals surface area contributed by atoms with Crippen LogP contribution in [0.4, 0.5) is 0 Å². The van der Waals surface area contributed by atoms with E-state index in [4.69, 9.17) is 11.6 Å². The highest BCUT2D eigenvalue weighted by atomic mass is 35.5. The van der Waals surface area contributed by atoms with Gasteiger partial charge >= 0.3 is 0 Å². The zero-order chi connectivity index (χ0) is 15.7. The summed E-state index contributed by atoms with van der Waals surface area (Å²) in [5.74, 6) is 2.18. The van der Waals surface area contributed by atoms with Gasteiger partial charge in [0, 0.05) is 6.42 Å². The van der Waals surface area contributed by atoms with Gasteiger partial charge in [-0.3, -0.25) is 4.79 Å². The first-order chi connectivity index (χ1) is 10.4. The number of rotatable bonds is 0. The Morgan fingerprint density at radius 1 is 1.05 bits per heavy atom. The molecule has 6 atom stereocenters. The summed E-state index contributed by atoms with van der Waals surface area (Å²) in [4.78, 5) is 12.0. The van der Waals surface area contributed by atoms with Crippen LogP contribution in [-0.4, -0.2) is 17.0 Å². The molecule has 0 bridgehead atoms. The quantitative estimate of drug-likeness (QED) is 0.715. The molecule has 0 radical (unpaired) electrons. The average molecular weight is 323 g/mol. The Balaban J connectivity index is 1.72. The zero-order valence-corrected chi connectivity index (χ0v) is 14.5. The van der Waals surface area contributed by atoms with Crippen molar-refractivity contribution in [2.24, 2.45) is 28.6 Å². The minimum absolute atomic E-state index is 0.111. The van der Waals surface area contributed by atoms with Gasteiger partial charge in [-0.15, -0.1) is 0 Å². The lowest BCUT2D eigenvalue weighted by atomic mass is 9.47. The van der Waals surface area contributed by atoms with Crippen molar-refractivity contribution in [3.8, 4) is 0 Å². The van der Waals surface area contributed by atoms with Crippen LogP contribution in [0.25, 0.3) is 0 Å². The fourth-order valence-electron chi connectivity index (χ4n) is 6.62. The van der Waals surface area contributed by atoms with E-state index in [1.54, 1.807) is 0 Å². The molecule has 0 aromatic heterocycles. The highest BCUT2D eigenvalue weighted by molar-refractivity contribution is 6.43. The van der Waals surface area contributed by atoms with Crippen LogP contribution >= 0.6 is 11.6 Å². The molecule has 122 valence electrons. The zero-order valence-electron chi connectivity index (χ0n) is 13.7. The van der Waals surface area contributed by atoms with Gasteiger partial charge < -0.3 is 5.11 Å². The van der Waals surface area contributed by atoms with Gasteiger partial charge in [-0.2, -0.15) is 0 Å². The minimum atomic E-state index is -0.111. The summed E-state index contributed by atoms with van der Waals surface area (Å²) in [7, 11) is 0. The third kappa shape index (κ3) is 1.80. The first kappa shape index (κ1) is 15.2. The van der Waals surface area contributed by atoms with Crippen LogP contribution in [0.15, 0.2) is 10.6 Å². The van der Waals surface area contributed by atoms with Gasteiger partial charge in [0.05, 0.1) is 11.1 Å². The Hall–Kier alpha value is -0.340. The molecular formula is C19H27ClO2. The lowest BCUT2D eigenvalue weighted by molar-refractivity contribution is -0.118. The molecule has 0 amide bonds. The Morgan fingerprint density at radius 2 is 1.82 bits per heavy atom. The number of hydrogen-bond donors (Lipinski definition) is 1. The van der Waals surface area contributed by atoms with E-state index in [1.165, 1.54) is 18.4 Å². The van der Waals surface area contributed by atoms with Gasteiger partial charge in [0.15, 0.2) is 5.78 Å². The number of aliphatic hydroxyl groups is 1. The summed E-state index contributed by atoms with van der Waals surface area (Å²) in [6.45, 7) is 4.68. The van der Waals surface area contributed by atoms with Crippen LogP contribution in [-0.2, 0) is 4.79 Å². The van der Waals surface area contributed by atoms with Gasteiger partial charge in [0.2, 0.25) is 0 Å². The fourth-order valence-corrected chi connectivity index (χ4v) is 7.03. The lowest BCUT2D eigenvalue weighted by Gasteiger charge is -2.57. The second-order valence-electron chi connectivity index (χ2n) is 8.69. The number of carbonyl (C=O) groups is 1. The molecule has 4 aliphatic rings. The summed E-state index contributed by atoms with van der Waals surface area (Å²) in [6, 6.07) is 0. The van der Waals surface area contributed by atoms with Crippen molar-refractivity contribution in [3.05, 3.63) is 10.6 Å². The Labute approximate surface area is 138 Å². The standard InChI is InChI=1S/C19H27ClO2/c1-18-10-8-15(21)17(20)14(18)4-3-11-12-5-6-16(22)19(12,2)9-7-13(11)18/h11-13,16,22H,3-10H2,1-2H3/t11-,12+,13+,16-,18-,19-/m1/s1. The third-order valence-corrected chi connectivity index (χ3v) is 8.44. The Bertz CT molecular complexity index is 554. The number of carbonyl (C=O) groups excluding carboxylic acids is 1. The molecule has 3 heteroatoms. The van der Waals surface area contributed by atoms with Crippen LogP contribution in [0.1, 0.15) is 65.2 Å². The molecule has 0 aliphatic heterocycles. The Morgan fingerprint density at radius 3 is 2.59 bits per heavy atom. The molecule has 3 saturated carbocycles. The maximum absolute atomic E-state index is 12.0. The van der Waals surface area contributed by atoms with Crippen molar-refractivity contribution < 1.29 is 9.90 Å². The number of halogens is 1. The molecule has 4 aliphatic carbocycles. The fraction of sp³-hybridized carbons (Fsp3) is 0.842. The van der Waals surface area contributed by atoms with Crippen molar-refractivity contribution in [2.45, 2.75) is 71.3 Å². The smallest absolute Gasteiger partial charge is 0.174 e. The van der Waals surface area contributed by atoms with Gasteiger partial charge in [-0.05, 0) is 79.1 Å². The van der Waals surface area contributed by atoms with Gasteiger partial charge in [0.1, 0.15) is 0 Å². The predicted molar refractivity (Wildman–Crippen MR) is 87.5 cm³/mol. The van der Waals surface area contributed by atoms with Crippen LogP contribution in [0.2, 0.25) is 0 Å². The van der Waals surface area contributed by atoms with E-state index in [-0.39, 0.29) is 22.7 Å². The molecule has 0 saturated heterocycles. The SMILES string of the molecule is C[C@@]12CC[C@H]3[C@H](CCC4=C(Cl)C(=O)CC[C@@]43C)[C@@H]1CC[C@H]2O. The molecule has 0 unspecified atom stereocenters. The minimum Gasteiger partial charge on any atom is -0.393 e. The first-order valence-corrected chi connectivity index (χ1v) is 9.36. The second kappa shape index (κ2) is 4.83. The van der Waals surface area contributed by atoms with Crippen molar-refractivity contribution in [1.82, 2.24) is 0 Å². The molecule has 22 heavy (non-hydrogen) atoms. The molecule has 0 aromatic carbocycles. The summed E-state index contributed by atoms with van der Waals surface area (Å²) in [6.07, 6.45) is 8.11. The summed E-state index contributed by atoms with van der Waals surface area (Å²) in [5.41, 5.74) is 1.52. The van der Waals surface area contributed by atoms with Gasteiger partial charge in [-0.1, -0.05) is 25.4 Å². The van der Waals surface area contributed by atoms with Crippen molar-refractivity contribution in [1.29, 1.82) is 0 Å². The number of hydrogen-bond acceptors (Lipinski definition) is 2. The normalized spacial score (nSPS) is 51.4. The summed E-state index contributed by atoms with van der Waals surface area (Å²) in [5, 5.41) is 11.0. The van der Waals surface area contributed by atoms with Gasteiger partial charge in [-0.25, -0.2) is 0 Å². The molecular weight excluding hydrogens is 296 g/mol. The van der Waals surface area contributed by atoms with Crippen LogP contribution in [0.3, 0.4) is 0 Å². The number of Topliss-reactive ketones (excluding diaryl/α,β-unsaturated/α-hetero) is 1. The highest BCUT2D eigenvalue weighted by Gasteiger charge is 2.59. The predicted octanol–water partition coefficient (Wildman–Crippen LogP) is 4.45. The molecule has 1 N–H and O–H groups in total. The van der Waals surface area contributed by atoms with E-state index in [2.05, 4.69) is 13.8 Å². The summed E-state index contributed by atoms with van der Waals surface area (Å²) >= 11 is 6.41. The highest BCUT2D eigenvalue weighted by Crippen LogP contribution is 2.65. The number of aliphatic hydroxyl groups excluding tert-OH is 1. The van der Waals surface area contributed by atoms with E-state index < -0.39 is 0 Å². The first-order valence-electron chi connectivity index (χ1n) is 8.98. The average Bonchev–Trinajstić information content (AvgIpc) is 2.79. The van der Waals surface area contributed by atoms with Crippen molar-refractivity contribution in [3.63, 3.8) is 0 Å². The maximum Gasteiger partial charge on any atom is 0.174 e. The number of ketones is 1. The monoisotopic (exact) mass is 322 g/mol. The van der Waals surface area contributed by atoms with Crippen LogP contribution in [0.5, 0.6) is 0 Å². The molecule has 0 aromatic rings. The molecule has 2 nitrogen and oxygen atoms in total. The second-order valence-corrected chi connectivity index (χ2v) is 9.06. The topological polar surface area (TPSA) is 37.3 Å². The summed E-state index contributed by atoms with van der Waals surface area (Å²) < 4.78 is 0. The van der Waals surface area contributed by atoms with E-state index >= 15 is 0 Å². The molecule has 0 heterocycles. The van der Waals surface area contributed by atoms with Crippen molar-refractivity contribution in [2.75, 3.05) is 0 Å². The molecule has 4 rings (SSSR count). The van der Waals surface area contributed by atoms with Crippen LogP contribution < -0.4 is 0 Å². The third-order valence-electron chi connectivity index (χ3n) is 8.00.